The van der Waals surface area contributed by atoms with Crippen molar-refractivity contribution >= 4 is 39.7 Å². The second kappa shape index (κ2) is 8.91. The lowest BCUT2D eigenvalue weighted by atomic mass is 9.97. The van der Waals surface area contributed by atoms with Crippen LogP contribution in [0.5, 0.6) is 0 Å². The summed E-state index contributed by atoms with van der Waals surface area (Å²) < 4.78 is 54.8. The minimum atomic E-state index is -4.47. The van der Waals surface area contributed by atoms with Gasteiger partial charge in [-0.25, -0.2) is 9.37 Å². The number of aromatic nitrogens is 4. The second-order valence-electron chi connectivity index (χ2n) is 8.83. The molecule has 0 bridgehead atoms. The Morgan fingerprint density at radius 1 is 1.08 bits per heavy atom. The van der Waals surface area contributed by atoms with Crippen LogP contribution in [0.25, 0.3) is 21.9 Å². The predicted molar refractivity (Wildman–Crippen MR) is 130 cm³/mol. The Hall–Kier alpha value is -4.42. The highest BCUT2D eigenvalue weighted by atomic mass is 19.4. The third-order valence-electron chi connectivity index (χ3n) is 6.31. The van der Waals surface area contributed by atoms with Crippen molar-refractivity contribution < 1.29 is 22.4 Å². The Balaban J connectivity index is 1.43. The molecule has 5 N–H and O–H groups in total. The molecule has 1 aromatic carbocycles. The zero-order valence-corrected chi connectivity index (χ0v) is 19.6. The van der Waals surface area contributed by atoms with E-state index in [-0.39, 0.29) is 30.8 Å². The molecule has 1 aliphatic rings. The number of rotatable bonds is 4. The maximum absolute atomic E-state index is 15.1. The van der Waals surface area contributed by atoms with Crippen molar-refractivity contribution in [1.29, 1.82) is 0 Å². The van der Waals surface area contributed by atoms with Crippen molar-refractivity contribution in [2.75, 3.05) is 29.9 Å². The first-order valence-electron chi connectivity index (χ1n) is 11.3. The van der Waals surface area contributed by atoms with Gasteiger partial charge < -0.3 is 21.7 Å². The molecule has 0 aliphatic carbocycles. The third-order valence-corrected chi connectivity index (χ3v) is 6.31. The Morgan fingerprint density at radius 2 is 1.86 bits per heavy atom. The molecule has 0 fully saturated rings. The van der Waals surface area contributed by atoms with Crippen LogP contribution in [0, 0.1) is 12.7 Å². The number of hydrogen-bond donors (Lipinski definition) is 3. The number of alkyl halides is 3. The highest BCUT2D eigenvalue weighted by Crippen LogP contribution is 2.36. The average molecular weight is 514 g/mol. The van der Waals surface area contributed by atoms with Crippen molar-refractivity contribution in [2.24, 2.45) is 0 Å². The van der Waals surface area contributed by atoms with Crippen LogP contribution in [-0.2, 0) is 17.8 Å². The highest BCUT2D eigenvalue weighted by molar-refractivity contribution is 5.98. The topological polar surface area (TPSA) is 128 Å². The summed E-state index contributed by atoms with van der Waals surface area (Å²) in [6.07, 6.45) is 0.190. The lowest BCUT2D eigenvalue weighted by Gasteiger charge is -2.21. The average Bonchev–Trinajstić information content (AvgIpc) is 3.14. The summed E-state index contributed by atoms with van der Waals surface area (Å²) in [5.41, 5.74) is 14.4. The first-order chi connectivity index (χ1) is 17.5. The number of amides is 1. The summed E-state index contributed by atoms with van der Waals surface area (Å²) in [5.74, 6) is -0.520. The van der Waals surface area contributed by atoms with Crippen LogP contribution < -0.4 is 16.8 Å². The number of carbonyl (C=O) groups is 1. The molecule has 0 spiro atoms. The van der Waals surface area contributed by atoms with E-state index in [2.05, 4.69) is 20.4 Å². The maximum atomic E-state index is 15.1. The lowest BCUT2D eigenvalue weighted by Crippen LogP contribution is -2.40. The Labute approximate surface area is 208 Å². The summed E-state index contributed by atoms with van der Waals surface area (Å²) in [6, 6.07) is 4.96. The zero-order chi connectivity index (χ0) is 26.5. The molecule has 13 heteroatoms. The zero-order valence-electron chi connectivity index (χ0n) is 19.6. The first kappa shape index (κ1) is 24.3. The lowest BCUT2D eigenvalue weighted by molar-refractivity contribution is -0.161. The molecular formula is C24H22F4N8O. The van der Waals surface area contributed by atoms with Gasteiger partial charge in [0.15, 0.2) is 11.6 Å². The molecular weight excluding hydrogens is 492 g/mol. The van der Waals surface area contributed by atoms with E-state index < -0.39 is 24.4 Å². The molecule has 1 amide bonds. The maximum Gasteiger partial charge on any atom is 0.406 e. The van der Waals surface area contributed by atoms with Gasteiger partial charge in [-0.15, -0.1) is 0 Å². The van der Waals surface area contributed by atoms with Crippen LogP contribution in [0.4, 0.5) is 40.6 Å². The summed E-state index contributed by atoms with van der Waals surface area (Å²) in [7, 11) is 0. The number of carbonyl (C=O) groups excluding carboxylic acids is 1. The molecule has 0 atom stereocenters. The smallest absolute Gasteiger partial charge is 0.397 e. The van der Waals surface area contributed by atoms with E-state index in [1.54, 1.807) is 25.1 Å². The van der Waals surface area contributed by atoms with Crippen molar-refractivity contribution in [3.05, 3.63) is 53.9 Å². The normalized spacial score (nSPS) is 14.1. The third kappa shape index (κ3) is 4.71. The van der Waals surface area contributed by atoms with Crippen LogP contribution in [0.1, 0.15) is 11.3 Å². The standard InChI is InChI=1S/C24H22F4N8O/c1-12-16(7-31-9-18(12)29)15-4-13-5-19(32-8-17(13)23(30)22(15)25)33-20-6-14-2-3-35(11-24(26,27)28)21(37)10-36(14)34-20/h4-9H,2-3,10-11,29-30H2,1H3,(H,32,33,34). The Morgan fingerprint density at radius 3 is 2.62 bits per heavy atom. The van der Waals surface area contributed by atoms with Crippen LogP contribution >= 0.6 is 0 Å². The number of fused-ring (bicyclic) bond motifs is 2. The number of nitrogens with zero attached hydrogens (tertiary/aromatic N) is 5. The van der Waals surface area contributed by atoms with Gasteiger partial charge in [-0.05, 0) is 30.0 Å². The monoisotopic (exact) mass is 514 g/mol. The number of nitrogens with two attached hydrogens (primary N) is 2. The molecule has 0 saturated heterocycles. The minimum absolute atomic E-state index is 0.0657. The van der Waals surface area contributed by atoms with Gasteiger partial charge in [0.05, 0.1) is 17.6 Å². The SMILES string of the molecule is Cc1c(N)cncc1-c1cc2cc(Nc3cc4n(n3)CC(=O)N(CC(F)(F)F)CC4)ncc2c(N)c1F. The summed E-state index contributed by atoms with van der Waals surface area (Å²) in [6.45, 7) is 0.107. The highest BCUT2D eigenvalue weighted by Gasteiger charge is 2.34. The van der Waals surface area contributed by atoms with Gasteiger partial charge in [-0.2, -0.15) is 18.3 Å². The fourth-order valence-corrected chi connectivity index (χ4v) is 4.35. The molecule has 3 aromatic heterocycles. The molecule has 4 heterocycles. The number of benzene rings is 1. The van der Waals surface area contributed by atoms with Gasteiger partial charge in [0.1, 0.15) is 18.9 Å². The van der Waals surface area contributed by atoms with Gasteiger partial charge in [-0.1, -0.05) is 0 Å². The van der Waals surface area contributed by atoms with E-state index >= 15 is 4.39 Å². The van der Waals surface area contributed by atoms with E-state index in [1.165, 1.54) is 23.3 Å². The summed E-state index contributed by atoms with van der Waals surface area (Å²) in [4.78, 5) is 21.4. The summed E-state index contributed by atoms with van der Waals surface area (Å²) in [5, 5.41) is 8.37. The first-order valence-corrected chi connectivity index (χ1v) is 11.3. The van der Waals surface area contributed by atoms with Crippen LogP contribution in [-0.4, -0.2) is 49.8 Å². The van der Waals surface area contributed by atoms with E-state index in [4.69, 9.17) is 11.5 Å². The van der Waals surface area contributed by atoms with Gasteiger partial charge in [0.2, 0.25) is 5.91 Å². The van der Waals surface area contributed by atoms with Gasteiger partial charge in [0, 0.05) is 53.6 Å². The molecule has 1 aliphatic heterocycles. The van der Waals surface area contributed by atoms with Crippen LogP contribution in [0.2, 0.25) is 0 Å². The predicted octanol–water partition coefficient (Wildman–Crippen LogP) is 3.80. The molecule has 0 saturated carbocycles. The van der Waals surface area contributed by atoms with E-state index in [0.717, 1.165) is 4.90 Å². The molecule has 5 rings (SSSR count). The largest absolute Gasteiger partial charge is 0.406 e. The quantitative estimate of drug-likeness (QED) is 0.279. The van der Waals surface area contributed by atoms with Gasteiger partial charge >= 0.3 is 6.18 Å². The molecule has 37 heavy (non-hydrogen) atoms. The van der Waals surface area contributed by atoms with E-state index in [1.807, 2.05) is 0 Å². The number of anilines is 4. The van der Waals surface area contributed by atoms with Crippen molar-refractivity contribution in [1.82, 2.24) is 24.6 Å². The van der Waals surface area contributed by atoms with Crippen LogP contribution in [0.3, 0.4) is 0 Å². The van der Waals surface area contributed by atoms with Gasteiger partial charge in [-0.3, -0.25) is 14.5 Å². The Bertz CT molecular complexity index is 1530. The summed E-state index contributed by atoms with van der Waals surface area (Å²) >= 11 is 0. The Kier molecular flexibility index (Phi) is 5.85. The number of halogens is 4. The molecule has 0 unspecified atom stereocenters. The van der Waals surface area contributed by atoms with Gasteiger partial charge in [0.25, 0.3) is 0 Å². The van der Waals surface area contributed by atoms with Crippen LogP contribution in [0.15, 0.2) is 36.8 Å². The van der Waals surface area contributed by atoms with E-state index in [9.17, 15) is 18.0 Å². The molecule has 4 aromatic rings. The number of pyridine rings is 2. The van der Waals surface area contributed by atoms with E-state index in [0.29, 0.717) is 44.9 Å². The fraction of sp³-hybridized carbons (Fsp3) is 0.250. The molecule has 0 radical (unpaired) electrons. The number of nitrogen functional groups attached to an aromatic ring is 2. The van der Waals surface area contributed by atoms with Crippen molar-refractivity contribution in [3.8, 4) is 11.1 Å². The number of hydrogen-bond acceptors (Lipinski definition) is 7. The number of nitrogens with one attached hydrogen (secondary N) is 1. The van der Waals surface area contributed by atoms with Crippen molar-refractivity contribution in [3.63, 3.8) is 0 Å². The molecule has 192 valence electrons. The minimum Gasteiger partial charge on any atom is -0.397 e. The molecule has 9 nitrogen and oxygen atoms in total. The van der Waals surface area contributed by atoms with Crippen molar-refractivity contribution in [2.45, 2.75) is 26.1 Å². The second-order valence-corrected chi connectivity index (χ2v) is 8.83. The fourth-order valence-electron chi connectivity index (χ4n) is 4.35.